The van der Waals surface area contributed by atoms with Gasteiger partial charge in [-0.15, -0.1) is 6.58 Å². The molecular formula is C11H18O4. The van der Waals surface area contributed by atoms with Crippen molar-refractivity contribution < 1.29 is 19.0 Å². The SMILES string of the molecule is C=CCC[C@@H]1OC(C)(C)O[C@H]1C(=O)OC. The smallest absolute Gasteiger partial charge is 0.337 e. The Morgan fingerprint density at radius 1 is 1.53 bits per heavy atom. The summed E-state index contributed by atoms with van der Waals surface area (Å²) in [6.45, 7) is 7.21. The van der Waals surface area contributed by atoms with Crippen molar-refractivity contribution in [2.45, 2.75) is 44.7 Å². The third kappa shape index (κ3) is 3.04. The van der Waals surface area contributed by atoms with Crippen LogP contribution in [-0.2, 0) is 19.0 Å². The quantitative estimate of drug-likeness (QED) is 0.527. The molecule has 1 saturated heterocycles. The molecule has 0 aromatic rings. The van der Waals surface area contributed by atoms with Crippen molar-refractivity contribution >= 4 is 5.97 Å². The zero-order chi connectivity index (χ0) is 11.5. The molecule has 1 aliphatic heterocycles. The number of allylic oxidation sites excluding steroid dienone is 1. The number of hydrogen-bond donors (Lipinski definition) is 0. The first-order valence-corrected chi connectivity index (χ1v) is 5.04. The summed E-state index contributed by atoms with van der Waals surface area (Å²) in [5.41, 5.74) is 0. The number of methoxy groups -OCH3 is 1. The summed E-state index contributed by atoms with van der Waals surface area (Å²) in [5.74, 6) is -1.10. The van der Waals surface area contributed by atoms with E-state index < -0.39 is 11.9 Å². The van der Waals surface area contributed by atoms with E-state index in [1.807, 2.05) is 0 Å². The molecule has 4 heteroatoms. The topological polar surface area (TPSA) is 44.8 Å². The fourth-order valence-electron chi connectivity index (χ4n) is 1.64. The molecule has 0 bridgehead atoms. The predicted octanol–water partition coefficient (Wildman–Crippen LogP) is 1.65. The second kappa shape index (κ2) is 4.77. The first kappa shape index (κ1) is 12.2. The highest BCUT2D eigenvalue weighted by atomic mass is 16.8. The van der Waals surface area contributed by atoms with Gasteiger partial charge in [0, 0.05) is 0 Å². The van der Waals surface area contributed by atoms with Gasteiger partial charge in [-0.05, 0) is 26.7 Å². The molecule has 1 aliphatic rings. The first-order chi connectivity index (χ1) is 7.00. The van der Waals surface area contributed by atoms with E-state index in [4.69, 9.17) is 9.47 Å². The van der Waals surface area contributed by atoms with Crippen LogP contribution in [0.1, 0.15) is 26.7 Å². The van der Waals surface area contributed by atoms with Crippen LogP contribution in [-0.4, -0.2) is 31.1 Å². The summed E-state index contributed by atoms with van der Waals surface area (Å²) in [4.78, 5) is 11.4. The third-order valence-corrected chi connectivity index (χ3v) is 2.27. The van der Waals surface area contributed by atoms with Crippen LogP contribution in [0.5, 0.6) is 0 Å². The third-order valence-electron chi connectivity index (χ3n) is 2.27. The van der Waals surface area contributed by atoms with Gasteiger partial charge >= 0.3 is 5.97 Å². The lowest BCUT2D eigenvalue weighted by Crippen LogP contribution is -2.32. The maximum Gasteiger partial charge on any atom is 0.337 e. The summed E-state index contributed by atoms with van der Waals surface area (Å²) < 4.78 is 15.8. The number of carbonyl (C=O) groups is 1. The van der Waals surface area contributed by atoms with Gasteiger partial charge in [-0.25, -0.2) is 4.79 Å². The highest BCUT2D eigenvalue weighted by Gasteiger charge is 2.45. The summed E-state index contributed by atoms with van der Waals surface area (Å²) in [7, 11) is 1.35. The van der Waals surface area contributed by atoms with Crippen LogP contribution >= 0.6 is 0 Å². The zero-order valence-electron chi connectivity index (χ0n) is 9.49. The molecule has 2 atom stereocenters. The molecule has 0 aromatic carbocycles. The van der Waals surface area contributed by atoms with Gasteiger partial charge in [-0.2, -0.15) is 0 Å². The van der Waals surface area contributed by atoms with E-state index in [0.29, 0.717) is 6.42 Å². The van der Waals surface area contributed by atoms with Crippen molar-refractivity contribution in [3.05, 3.63) is 12.7 Å². The maximum absolute atomic E-state index is 11.4. The minimum atomic E-state index is -0.718. The largest absolute Gasteiger partial charge is 0.467 e. The molecule has 0 saturated carbocycles. The zero-order valence-corrected chi connectivity index (χ0v) is 9.49. The van der Waals surface area contributed by atoms with E-state index in [0.717, 1.165) is 6.42 Å². The number of rotatable bonds is 4. The van der Waals surface area contributed by atoms with Crippen molar-refractivity contribution in [1.82, 2.24) is 0 Å². The van der Waals surface area contributed by atoms with Gasteiger partial charge < -0.3 is 14.2 Å². The Morgan fingerprint density at radius 2 is 2.20 bits per heavy atom. The molecule has 0 aromatic heterocycles. The Balaban J connectivity index is 2.65. The monoisotopic (exact) mass is 214 g/mol. The van der Waals surface area contributed by atoms with Crippen molar-refractivity contribution in [3.63, 3.8) is 0 Å². The molecule has 1 fully saturated rings. The second-order valence-electron chi connectivity index (χ2n) is 3.98. The van der Waals surface area contributed by atoms with Crippen LogP contribution in [0.3, 0.4) is 0 Å². The van der Waals surface area contributed by atoms with Gasteiger partial charge in [-0.1, -0.05) is 6.08 Å². The van der Waals surface area contributed by atoms with Gasteiger partial charge in [0.05, 0.1) is 13.2 Å². The van der Waals surface area contributed by atoms with Gasteiger partial charge in [0.2, 0.25) is 0 Å². The van der Waals surface area contributed by atoms with Crippen LogP contribution in [0, 0.1) is 0 Å². The van der Waals surface area contributed by atoms with Crippen LogP contribution in [0.15, 0.2) is 12.7 Å². The van der Waals surface area contributed by atoms with Crippen LogP contribution in [0.25, 0.3) is 0 Å². The molecule has 15 heavy (non-hydrogen) atoms. The molecule has 0 N–H and O–H groups in total. The second-order valence-corrected chi connectivity index (χ2v) is 3.98. The number of carbonyl (C=O) groups excluding carboxylic acids is 1. The number of ether oxygens (including phenoxy) is 3. The van der Waals surface area contributed by atoms with E-state index >= 15 is 0 Å². The molecule has 0 aliphatic carbocycles. The summed E-state index contributed by atoms with van der Waals surface area (Å²) >= 11 is 0. The van der Waals surface area contributed by atoms with Crippen molar-refractivity contribution in [2.75, 3.05) is 7.11 Å². The van der Waals surface area contributed by atoms with E-state index in [1.165, 1.54) is 7.11 Å². The van der Waals surface area contributed by atoms with E-state index in [1.54, 1.807) is 19.9 Å². The maximum atomic E-state index is 11.4. The molecule has 86 valence electrons. The van der Waals surface area contributed by atoms with Crippen molar-refractivity contribution in [1.29, 1.82) is 0 Å². The highest BCUT2D eigenvalue weighted by Crippen LogP contribution is 2.31. The molecular weight excluding hydrogens is 196 g/mol. The average molecular weight is 214 g/mol. The lowest BCUT2D eigenvalue weighted by atomic mass is 10.1. The van der Waals surface area contributed by atoms with E-state index in [9.17, 15) is 4.79 Å². The van der Waals surface area contributed by atoms with E-state index in [-0.39, 0.29) is 12.1 Å². The lowest BCUT2D eigenvalue weighted by Gasteiger charge is -2.16. The Morgan fingerprint density at radius 3 is 2.73 bits per heavy atom. The van der Waals surface area contributed by atoms with Crippen molar-refractivity contribution in [3.8, 4) is 0 Å². The van der Waals surface area contributed by atoms with Crippen molar-refractivity contribution in [2.24, 2.45) is 0 Å². The minimum Gasteiger partial charge on any atom is -0.467 e. The Hall–Kier alpha value is -0.870. The summed E-state index contributed by atoms with van der Waals surface area (Å²) in [5, 5.41) is 0. The average Bonchev–Trinajstić information content (AvgIpc) is 2.49. The Kier molecular flexibility index (Phi) is 3.88. The van der Waals surface area contributed by atoms with Gasteiger partial charge in [-0.3, -0.25) is 0 Å². The Bertz CT molecular complexity index is 247. The Labute approximate surface area is 90.2 Å². The summed E-state index contributed by atoms with van der Waals surface area (Å²) in [6.07, 6.45) is 2.43. The minimum absolute atomic E-state index is 0.245. The molecule has 0 amide bonds. The van der Waals surface area contributed by atoms with Gasteiger partial charge in [0.15, 0.2) is 11.9 Å². The fraction of sp³-hybridized carbons (Fsp3) is 0.727. The summed E-state index contributed by atoms with van der Waals surface area (Å²) in [6, 6.07) is 0. The standard InChI is InChI=1S/C11H18O4/c1-5-6-7-8-9(10(12)13-4)15-11(2,3)14-8/h5,8-9H,1,6-7H2,2-4H3/t8-,9+/m0/s1. The predicted molar refractivity (Wildman–Crippen MR) is 55.3 cm³/mol. The lowest BCUT2D eigenvalue weighted by molar-refractivity contribution is -0.168. The number of esters is 1. The molecule has 0 radical (unpaired) electrons. The van der Waals surface area contributed by atoms with Gasteiger partial charge in [0.25, 0.3) is 0 Å². The molecule has 1 rings (SSSR count). The first-order valence-electron chi connectivity index (χ1n) is 5.04. The molecule has 4 nitrogen and oxygen atoms in total. The van der Waals surface area contributed by atoms with Crippen LogP contribution < -0.4 is 0 Å². The van der Waals surface area contributed by atoms with Crippen LogP contribution in [0.4, 0.5) is 0 Å². The number of hydrogen-bond acceptors (Lipinski definition) is 4. The fourth-order valence-corrected chi connectivity index (χ4v) is 1.64. The normalized spacial score (nSPS) is 28.7. The van der Waals surface area contributed by atoms with E-state index in [2.05, 4.69) is 11.3 Å². The highest BCUT2D eigenvalue weighted by molar-refractivity contribution is 5.75. The molecule has 0 unspecified atom stereocenters. The molecule has 1 heterocycles. The molecule has 0 spiro atoms. The van der Waals surface area contributed by atoms with Crippen LogP contribution in [0.2, 0.25) is 0 Å². The van der Waals surface area contributed by atoms with Gasteiger partial charge in [0.1, 0.15) is 0 Å².